The summed E-state index contributed by atoms with van der Waals surface area (Å²) in [6.45, 7) is 0. The first-order valence-electron chi connectivity index (χ1n) is 7.81. The lowest BCUT2D eigenvalue weighted by Gasteiger charge is -2.08. The van der Waals surface area contributed by atoms with Crippen molar-refractivity contribution in [1.82, 2.24) is 0 Å². The van der Waals surface area contributed by atoms with Crippen LogP contribution in [-0.2, 0) is 0 Å². The number of furan rings is 1. The van der Waals surface area contributed by atoms with E-state index in [1.165, 1.54) is 11.1 Å². The molecule has 0 aliphatic carbocycles. The molecule has 0 aliphatic rings. The van der Waals surface area contributed by atoms with Gasteiger partial charge < -0.3 is 4.42 Å². The van der Waals surface area contributed by atoms with Gasteiger partial charge in [-0.25, -0.2) is 0 Å². The van der Waals surface area contributed by atoms with Gasteiger partial charge in [-0.15, -0.1) is 0 Å². The quantitative estimate of drug-likeness (QED) is 0.327. The molecule has 1 nitrogen and oxygen atoms in total. The fourth-order valence-corrected chi connectivity index (χ4v) is 3.66. The summed E-state index contributed by atoms with van der Waals surface area (Å²) in [4.78, 5) is 0. The van der Waals surface area contributed by atoms with E-state index in [4.69, 9.17) is 4.42 Å². The smallest absolute Gasteiger partial charge is 0.143 e. The van der Waals surface area contributed by atoms with Crippen LogP contribution in [0.4, 0.5) is 0 Å². The second-order valence-electron chi connectivity index (χ2n) is 5.56. The average molecular weight is 422 g/mol. The fraction of sp³-hybridized carbons (Fsp3) is 0. The molecule has 3 aromatic carbocycles. The molecule has 0 N–H and O–H groups in total. The van der Waals surface area contributed by atoms with E-state index in [0.717, 1.165) is 27.9 Å². The highest BCUT2D eigenvalue weighted by molar-refractivity contribution is 14.1. The normalized spacial score (nSPS) is 11.8. The third-order valence-electron chi connectivity index (χ3n) is 4.09. The molecule has 0 bridgehead atoms. The number of benzene rings is 3. The zero-order chi connectivity index (χ0) is 16.4. The molecule has 2 heteroatoms. The molecule has 116 valence electrons. The molecule has 0 saturated heterocycles. The Hall–Kier alpha value is -2.33. The lowest BCUT2D eigenvalue weighted by Crippen LogP contribution is -1.89. The summed E-state index contributed by atoms with van der Waals surface area (Å²) in [6.07, 6.45) is 0. The van der Waals surface area contributed by atoms with E-state index in [-0.39, 0.29) is 0 Å². The summed E-state index contributed by atoms with van der Waals surface area (Å²) in [5, 5.41) is 1.14. The number of para-hydroxylation sites is 1. The molecule has 0 spiro atoms. The summed E-state index contributed by atoms with van der Waals surface area (Å²) in [5.41, 5.74) is 5.53. The van der Waals surface area contributed by atoms with E-state index in [9.17, 15) is 0 Å². The van der Waals surface area contributed by atoms with Crippen LogP contribution < -0.4 is 0 Å². The number of halogens is 1. The number of fused-ring (bicyclic) bond motifs is 1. The van der Waals surface area contributed by atoms with Crippen molar-refractivity contribution in [2.24, 2.45) is 0 Å². The van der Waals surface area contributed by atoms with Crippen LogP contribution in [-0.4, -0.2) is 0 Å². The molecule has 0 fully saturated rings. The van der Waals surface area contributed by atoms with Gasteiger partial charge in [0, 0.05) is 16.5 Å². The molecular formula is C22H15IO. The largest absolute Gasteiger partial charge is 0.455 e. The van der Waals surface area contributed by atoms with Crippen LogP contribution in [0.5, 0.6) is 0 Å². The minimum Gasteiger partial charge on any atom is -0.455 e. The van der Waals surface area contributed by atoms with Gasteiger partial charge in [-0.3, -0.25) is 0 Å². The predicted molar refractivity (Wildman–Crippen MR) is 109 cm³/mol. The molecule has 0 radical (unpaired) electrons. The summed E-state index contributed by atoms with van der Waals surface area (Å²) in [6, 6.07) is 29.0. The Balaban J connectivity index is 2.03. The standard InChI is InChI=1S/C22H15IO/c23-15-19(16-9-3-1-4-10-16)21-18-13-7-8-14-20(18)24-22(21)17-11-5-2-6-12-17/h1-15H/b19-15-. The van der Waals surface area contributed by atoms with Gasteiger partial charge in [0.05, 0.1) is 0 Å². The van der Waals surface area contributed by atoms with Crippen molar-refractivity contribution in [2.45, 2.75) is 0 Å². The SMILES string of the molecule is I/C=C(/c1ccccc1)c1c(-c2ccccc2)oc2ccccc12. The maximum atomic E-state index is 6.25. The lowest BCUT2D eigenvalue weighted by molar-refractivity contribution is 0.630. The Kier molecular flexibility index (Phi) is 4.22. The zero-order valence-electron chi connectivity index (χ0n) is 12.9. The van der Waals surface area contributed by atoms with E-state index < -0.39 is 0 Å². The van der Waals surface area contributed by atoms with Crippen LogP contribution >= 0.6 is 22.6 Å². The molecule has 0 atom stereocenters. The van der Waals surface area contributed by atoms with Gasteiger partial charge in [0.25, 0.3) is 0 Å². The molecule has 1 aromatic heterocycles. The zero-order valence-corrected chi connectivity index (χ0v) is 15.1. The molecule has 0 amide bonds. The van der Waals surface area contributed by atoms with Crippen LogP contribution in [0.3, 0.4) is 0 Å². The Morgan fingerprint density at radius 3 is 2.08 bits per heavy atom. The molecule has 0 unspecified atom stereocenters. The minimum atomic E-state index is 0.915. The van der Waals surface area contributed by atoms with Crippen LogP contribution in [0.25, 0.3) is 27.9 Å². The lowest BCUT2D eigenvalue weighted by atomic mass is 9.94. The predicted octanol–water partition coefficient (Wildman–Crippen LogP) is 6.92. The minimum absolute atomic E-state index is 0.915. The van der Waals surface area contributed by atoms with Crippen molar-refractivity contribution < 1.29 is 4.42 Å². The summed E-state index contributed by atoms with van der Waals surface area (Å²) < 4.78 is 8.38. The topological polar surface area (TPSA) is 13.1 Å². The van der Waals surface area contributed by atoms with E-state index in [2.05, 4.69) is 75.2 Å². The van der Waals surface area contributed by atoms with Gasteiger partial charge in [-0.05, 0) is 21.3 Å². The Morgan fingerprint density at radius 2 is 1.38 bits per heavy atom. The fourth-order valence-electron chi connectivity index (χ4n) is 2.99. The first kappa shape index (κ1) is 15.2. The van der Waals surface area contributed by atoms with Crippen LogP contribution in [0, 0.1) is 0 Å². The third kappa shape index (κ3) is 2.67. The molecule has 0 aliphatic heterocycles. The molecule has 24 heavy (non-hydrogen) atoms. The highest BCUT2D eigenvalue weighted by Gasteiger charge is 2.19. The van der Waals surface area contributed by atoms with Crippen molar-refractivity contribution in [3.05, 3.63) is 100 Å². The van der Waals surface area contributed by atoms with Gasteiger partial charge >= 0.3 is 0 Å². The van der Waals surface area contributed by atoms with E-state index in [1.54, 1.807) is 0 Å². The van der Waals surface area contributed by atoms with Crippen molar-refractivity contribution in [3.8, 4) is 11.3 Å². The van der Waals surface area contributed by atoms with E-state index >= 15 is 0 Å². The van der Waals surface area contributed by atoms with Gasteiger partial charge in [-0.2, -0.15) is 0 Å². The Morgan fingerprint density at radius 1 is 0.750 bits per heavy atom. The number of rotatable bonds is 3. The highest BCUT2D eigenvalue weighted by Crippen LogP contribution is 2.40. The van der Waals surface area contributed by atoms with Gasteiger partial charge in [0.15, 0.2) is 0 Å². The molecule has 0 saturated carbocycles. The van der Waals surface area contributed by atoms with Crippen LogP contribution in [0.2, 0.25) is 0 Å². The maximum absolute atomic E-state index is 6.25. The molecule has 1 heterocycles. The van der Waals surface area contributed by atoms with E-state index in [0.29, 0.717) is 0 Å². The monoisotopic (exact) mass is 422 g/mol. The van der Waals surface area contributed by atoms with Crippen molar-refractivity contribution in [1.29, 1.82) is 0 Å². The first-order valence-corrected chi connectivity index (χ1v) is 9.06. The maximum Gasteiger partial charge on any atom is 0.143 e. The van der Waals surface area contributed by atoms with Gasteiger partial charge in [0.2, 0.25) is 0 Å². The van der Waals surface area contributed by atoms with Crippen LogP contribution in [0.1, 0.15) is 11.1 Å². The average Bonchev–Trinajstić information content (AvgIpc) is 3.04. The van der Waals surface area contributed by atoms with Crippen molar-refractivity contribution in [2.75, 3.05) is 0 Å². The molecule has 4 aromatic rings. The molecule has 4 rings (SSSR count). The second-order valence-corrected chi connectivity index (χ2v) is 6.18. The summed E-state index contributed by atoms with van der Waals surface area (Å²) >= 11 is 2.32. The number of hydrogen-bond acceptors (Lipinski definition) is 1. The number of hydrogen-bond donors (Lipinski definition) is 0. The molecular weight excluding hydrogens is 407 g/mol. The van der Waals surface area contributed by atoms with Gasteiger partial charge in [0.1, 0.15) is 11.3 Å². The Bertz CT molecular complexity index is 998. The van der Waals surface area contributed by atoms with Crippen molar-refractivity contribution in [3.63, 3.8) is 0 Å². The highest BCUT2D eigenvalue weighted by atomic mass is 127. The Labute approximate surface area is 154 Å². The summed E-state index contributed by atoms with van der Waals surface area (Å²) in [7, 11) is 0. The first-order chi connectivity index (χ1) is 11.9. The second kappa shape index (κ2) is 6.65. The third-order valence-corrected chi connectivity index (χ3v) is 4.72. The van der Waals surface area contributed by atoms with Crippen LogP contribution in [0.15, 0.2) is 93.4 Å². The van der Waals surface area contributed by atoms with Crippen molar-refractivity contribution >= 4 is 39.1 Å². The summed E-state index contributed by atoms with van der Waals surface area (Å²) in [5.74, 6) is 0.920. The van der Waals surface area contributed by atoms with E-state index in [1.807, 2.05) is 36.4 Å². The van der Waals surface area contributed by atoms with Gasteiger partial charge in [-0.1, -0.05) is 101 Å².